The molecule has 1 aromatic heterocycles. The normalized spacial score (nSPS) is 12.9. The van der Waals surface area contributed by atoms with Crippen molar-refractivity contribution in [2.45, 2.75) is 29.6 Å². The van der Waals surface area contributed by atoms with Crippen LogP contribution in [-0.4, -0.2) is 18.3 Å². The van der Waals surface area contributed by atoms with Crippen LogP contribution in [-0.2, 0) is 12.4 Å². The zero-order valence-corrected chi connectivity index (χ0v) is 27.2. The number of nitrogens with zero attached hydrogens (tertiary/aromatic N) is 1. The number of hydrogen-bond donors (Lipinski definition) is 0. The van der Waals surface area contributed by atoms with Crippen LogP contribution < -0.4 is 4.40 Å². The van der Waals surface area contributed by atoms with E-state index in [2.05, 4.69) is 22.3 Å². The molecule has 0 unspecified atom stereocenters. The van der Waals surface area contributed by atoms with Crippen LogP contribution in [0.25, 0.3) is 65.5 Å². The zero-order valence-electron chi connectivity index (χ0n) is 25.1. The van der Waals surface area contributed by atoms with Crippen LogP contribution in [0.4, 0.5) is 26.3 Å². The van der Waals surface area contributed by atoms with Crippen molar-refractivity contribution < 1.29 is 26.3 Å². The van der Waals surface area contributed by atoms with Crippen LogP contribution in [0.2, 0.25) is 17.3 Å². The van der Waals surface area contributed by atoms with E-state index >= 15 is 0 Å². The van der Waals surface area contributed by atoms with Gasteiger partial charge in [0.25, 0.3) is 0 Å². The fourth-order valence-corrected chi connectivity index (χ4v) is 8.82. The first kappa shape index (κ1) is 30.3. The van der Waals surface area contributed by atoms with Gasteiger partial charge in [-0.05, 0) is 22.9 Å². The van der Waals surface area contributed by atoms with Crippen molar-refractivity contribution in [1.29, 1.82) is 0 Å². The molecular formula is C38H27F6GeN. The molecule has 230 valence electrons. The van der Waals surface area contributed by atoms with E-state index < -0.39 is 36.7 Å². The van der Waals surface area contributed by atoms with Gasteiger partial charge in [-0.2, -0.15) is 13.2 Å². The van der Waals surface area contributed by atoms with Crippen molar-refractivity contribution in [3.63, 3.8) is 0 Å². The second kappa shape index (κ2) is 10.6. The van der Waals surface area contributed by atoms with Gasteiger partial charge in [-0.3, -0.25) is 4.98 Å². The molecule has 0 aliphatic rings. The molecule has 7 rings (SSSR count). The van der Waals surface area contributed by atoms with E-state index in [1.54, 1.807) is 48.7 Å². The number of hydrogen-bond acceptors (Lipinski definition) is 1. The minimum atomic E-state index is -4.54. The summed E-state index contributed by atoms with van der Waals surface area (Å²) in [6.07, 6.45) is -7.44. The summed E-state index contributed by atoms with van der Waals surface area (Å²) in [7, 11) is 0. The molecule has 0 atom stereocenters. The number of pyridine rings is 1. The van der Waals surface area contributed by atoms with Gasteiger partial charge in [-0.25, -0.2) is 0 Å². The van der Waals surface area contributed by atoms with Gasteiger partial charge in [0.2, 0.25) is 0 Å². The van der Waals surface area contributed by atoms with Crippen molar-refractivity contribution in [3.8, 4) is 22.4 Å². The minimum absolute atomic E-state index is 0.130. The summed E-state index contributed by atoms with van der Waals surface area (Å²) in [6.45, 7) is 0. The molecule has 0 saturated carbocycles. The Kier molecular flexibility index (Phi) is 6.97. The van der Waals surface area contributed by atoms with Gasteiger partial charge in [0.15, 0.2) is 0 Å². The number of aromatic nitrogens is 1. The number of halogens is 6. The van der Waals surface area contributed by atoms with Crippen molar-refractivity contribution in [2.75, 3.05) is 0 Å². The van der Waals surface area contributed by atoms with Crippen LogP contribution >= 0.6 is 0 Å². The monoisotopic (exact) mass is 685 g/mol. The Morgan fingerprint density at radius 1 is 0.500 bits per heavy atom. The Bertz CT molecular complexity index is 2330. The molecule has 46 heavy (non-hydrogen) atoms. The first-order valence-corrected chi connectivity index (χ1v) is 22.1. The Morgan fingerprint density at radius 2 is 1.11 bits per heavy atom. The Labute approximate surface area is 263 Å². The molecule has 7 aromatic rings. The number of rotatable bonds is 3. The van der Waals surface area contributed by atoms with Gasteiger partial charge in [-0.15, -0.1) is 0 Å². The van der Waals surface area contributed by atoms with Crippen LogP contribution in [0, 0.1) is 0 Å². The Balaban J connectivity index is 1.39. The molecule has 0 spiro atoms. The molecule has 0 aliphatic carbocycles. The maximum atomic E-state index is 14.2. The summed E-state index contributed by atoms with van der Waals surface area (Å²) in [6, 6.07) is 28.8. The summed E-state index contributed by atoms with van der Waals surface area (Å²) in [5.74, 6) is 6.21. The van der Waals surface area contributed by atoms with Gasteiger partial charge >= 0.3 is 176 Å². The molecule has 0 amide bonds. The van der Waals surface area contributed by atoms with Gasteiger partial charge in [0.05, 0.1) is 11.3 Å². The van der Waals surface area contributed by atoms with Crippen LogP contribution in [0.5, 0.6) is 0 Å². The third-order valence-electron chi connectivity index (χ3n) is 8.70. The van der Waals surface area contributed by atoms with Crippen molar-refractivity contribution in [1.82, 2.24) is 4.98 Å². The van der Waals surface area contributed by atoms with E-state index in [1.807, 2.05) is 42.5 Å². The van der Waals surface area contributed by atoms with E-state index in [0.29, 0.717) is 27.6 Å². The quantitative estimate of drug-likeness (QED) is 0.103. The van der Waals surface area contributed by atoms with Crippen molar-refractivity contribution >= 4 is 60.8 Å². The van der Waals surface area contributed by atoms with Crippen LogP contribution in [0.1, 0.15) is 11.1 Å². The van der Waals surface area contributed by atoms with Crippen molar-refractivity contribution in [3.05, 3.63) is 120 Å². The topological polar surface area (TPSA) is 12.9 Å². The molecule has 0 N–H and O–H groups in total. The predicted octanol–water partition coefficient (Wildman–Crippen LogP) is 11.6. The standard InChI is InChI=1S/C38H27F6GeN/c1-45(2,3)26-10-13-29(35(21-26)38(42,43)44)24-8-11-27-23(18-24)9-12-31-30(27)14-15-33-32(31)16-17-46-36(33)25-19-22-6-4-5-7-28(22)34(20-25)37(39,40)41/h4-21H,1-3H3. The Hall–Kier alpha value is -4.37. The molecule has 0 radical (unpaired) electrons. The summed E-state index contributed by atoms with van der Waals surface area (Å²) >= 11 is -2.50. The molecular weight excluding hydrogens is 657 g/mol. The third-order valence-corrected chi connectivity index (χ3v) is 13.0. The fraction of sp³-hybridized carbons (Fsp3) is 0.132. The summed E-state index contributed by atoms with van der Waals surface area (Å²) in [5.41, 5.74) is 0.0890. The fourth-order valence-electron chi connectivity index (χ4n) is 6.39. The van der Waals surface area contributed by atoms with E-state index in [1.165, 1.54) is 12.1 Å². The molecule has 0 bridgehead atoms. The summed E-state index contributed by atoms with van der Waals surface area (Å²) in [4.78, 5) is 4.51. The number of fused-ring (bicyclic) bond motifs is 6. The maximum absolute atomic E-state index is 14.2. The van der Waals surface area contributed by atoms with Gasteiger partial charge < -0.3 is 0 Å². The first-order chi connectivity index (χ1) is 21.7. The molecule has 6 aromatic carbocycles. The molecule has 0 saturated heterocycles. The van der Waals surface area contributed by atoms with Crippen molar-refractivity contribution in [2.24, 2.45) is 0 Å². The van der Waals surface area contributed by atoms with E-state index in [-0.39, 0.29) is 10.9 Å². The van der Waals surface area contributed by atoms with E-state index in [9.17, 15) is 26.3 Å². The molecule has 8 heteroatoms. The van der Waals surface area contributed by atoms with Gasteiger partial charge in [0, 0.05) is 11.8 Å². The molecule has 1 heterocycles. The zero-order chi connectivity index (χ0) is 32.6. The first-order valence-electron chi connectivity index (χ1n) is 14.8. The van der Waals surface area contributed by atoms with Crippen LogP contribution in [0.3, 0.4) is 0 Å². The van der Waals surface area contributed by atoms with Gasteiger partial charge in [0.1, 0.15) is 0 Å². The van der Waals surface area contributed by atoms with Gasteiger partial charge in [-0.1, -0.05) is 24.3 Å². The van der Waals surface area contributed by atoms with E-state index in [0.717, 1.165) is 37.4 Å². The van der Waals surface area contributed by atoms with E-state index in [4.69, 9.17) is 0 Å². The molecule has 1 nitrogen and oxygen atoms in total. The second-order valence-corrected chi connectivity index (χ2v) is 23.3. The SMILES string of the molecule is [CH3][Ge]([CH3])([CH3])[c]1ccc(-c2ccc3c(ccc4c5ccnc(-c6cc(C(F)(F)F)c7ccccc7c6)c5ccc34)c2)c(C(F)(F)F)c1. The summed E-state index contributed by atoms with van der Waals surface area (Å²) in [5, 5.41) is 5.52. The van der Waals surface area contributed by atoms with Crippen LogP contribution in [0.15, 0.2) is 109 Å². The Morgan fingerprint density at radius 3 is 1.85 bits per heavy atom. The molecule has 0 fully saturated rings. The second-order valence-electron chi connectivity index (χ2n) is 12.7. The predicted molar refractivity (Wildman–Crippen MR) is 178 cm³/mol. The molecule has 0 aliphatic heterocycles. The average molecular weight is 684 g/mol. The average Bonchev–Trinajstić information content (AvgIpc) is 3.01. The summed E-state index contributed by atoms with van der Waals surface area (Å²) < 4.78 is 85.8. The number of benzene rings is 6. The number of alkyl halides is 6. The third kappa shape index (κ3) is 5.20.